The Morgan fingerprint density at radius 1 is 1.45 bits per heavy atom. The number of hydrogen-bond donors (Lipinski definition) is 1. The van der Waals surface area contributed by atoms with Crippen molar-refractivity contribution in [1.29, 1.82) is 0 Å². The van der Waals surface area contributed by atoms with Crippen LogP contribution in [-0.4, -0.2) is 54.3 Å². The van der Waals surface area contributed by atoms with E-state index in [1.165, 1.54) is 6.92 Å². The van der Waals surface area contributed by atoms with Gasteiger partial charge in [-0.25, -0.2) is 4.79 Å². The molecule has 0 aromatic carbocycles. The normalized spacial score (nSPS) is 29.3. The Kier molecular flexibility index (Phi) is 3.62. The van der Waals surface area contributed by atoms with E-state index in [-0.39, 0.29) is 19.4 Å². The Labute approximate surface area is 114 Å². The van der Waals surface area contributed by atoms with Gasteiger partial charge in [0.25, 0.3) is 5.91 Å². The van der Waals surface area contributed by atoms with Gasteiger partial charge in [-0.15, -0.1) is 0 Å². The first-order chi connectivity index (χ1) is 9.40. The van der Waals surface area contributed by atoms with Gasteiger partial charge >= 0.3 is 17.7 Å². The number of methoxy groups -OCH3 is 1. The van der Waals surface area contributed by atoms with Crippen molar-refractivity contribution < 1.29 is 33.5 Å². The fourth-order valence-electron chi connectivity index (χ4n) is 2.15. The molecule has 9 heteroatoms. The van der Waals surface area contributed by atoms with Crippen molar-refractivity contribution in [1.82, 2.24) is 10.4 Å². The van der Waals surface area contributed by atoms with E-state index >= 15 is 0 Å². The number of rotatable bonds is 3. The minimum atomic E-state index is -1.91. The SMILES string of the molecule is COC(=O)C1(N2OC[C@H](NC(C)=O)C2=O)CCC(=O)O1. The third-order valence-corrected chi connectivity index (χ3v) is 3.03. The third-order valence-electron chi connectivity index (χ3n) is 3.03. The minimum absolute atomic E-state index is 0.0347. The minimum Gasteiger partial charge on any atom is -0.465 e. The average Bonchev–Trinajstić information content (AvgIpc) is 2.94. The van der Waals surface area contributed by atoms with Gasteiger partial charge in [-0.05, 0) is 0 Å². The first kappa shape index (κ1) is 14.3. The van der Waals surface area contributed by atoms with Crippen molar-refractivity contribution in [3.05, 3.63) is 0 Å². The molecule has 2 saturated heterocycles. The summed E-state index contributed by atoms with van der Waals surface area (Å²) in [5.41, 5.74) is -1.91. The summed E-state index contributed by atoms with van der Waals surface area (Å²) in [5, 5.41) is 3.07. The molecule has 0 saturated carbocycles. The predicted octanol–water partition coefficient (Wildman–Crippen LogP) is -1.53. The standard InChI is InChI=1S/C11H14N2O7/c1-6(14)12-7-5-19-13(9(7)16)11(10(17)18-2)4-3-8(15)20-11/h7H,3-5H2,1-2H3,(H,12,14)/t7-,11?/m0/s1. The number of carbonyl (C=O) groups is 4. The molecule has 0 spiro atoms. The summed E-state index contributed by atoms with van der Waals surface area (Å²) in [7, 11) is 1.11. The zero-order valence-electron chi connectivity index (χ0n) is 11.0. The zero-order valence-corrected chi connectivity index (χ0v) is 11.0. The number of carbonyl (C=O) groups excluding carboxylic acids is 4. The summed E-state index contributed by atoms with van der Waals surface area (Å²) in [4.78, 5) is 51.4. The molecule has 0 bridgehead atoms. The molecule has 1 unspecified atom stereocenters. The Morgan fingerprint density at radius 2 is 2.15 bits per heavy atom. The van der Waals surface area contributed by atoms with Crippen LogP contribution in [0.4, 0.5) is 0 Å². The van der Waals surface area contributed by atoms with Gasteiger partial charge in [0.2, 0.25) is 5.91 Å². The molecule has 2 fully saturated rings. The first-order valence-corrected chi connectivity index (χ1v) is 5.95. The molecule has 2 heterocycles. The second-order valence-electron chi connectivity index (χ2n) is 4.43. The number of cyclic esters (lactones) is 1. The van der Waals surface area contributed by atoms with E-state index in [1.807, 2.05) is 0 Å². The smallest absolute Gasteiger partial charge is 0.374 e. The molecule has 2 aliphatic rings. The summed E-state index contributed by atoms with van der Waals surface area (Å²) < 4.78 is 9.55. The maximum absolute atomic E-state index is 12.1. The number of ether oxygens (including phenoxy) is 2. The lowest BCUT2D eigenvalue weighted by atomic mass is 10.1. The maximum atomic E-state index is 12.1. The largest absolute Gasteiger partial charge is 0.465 e. The monoisotopic (exact) mass is 286 g/mol. The molecule has 0 radical (unpaired) electrons. The van der Waals surface area contributed by atoms with E-state index in [1.54, 1.807) is 0 Å². The van der Waals surface area contributed by atoms with E-state index in [0.717, 1.165) is 7.11 Å². The number of nitrogens with zero attached hydrogens (tertiary/aromatic N) is 1. The number of hydroxylamine groups is 2. The van der Waals surface area contributed by atoms with Crippen LogP contribution in [0.25, 0.3) is 0 Å². The molecule has 20 heavy (non-hydrogen) atoms. The molecule has 1 N–H and O–H groups in total. The Balaban J connectivity index is 2.24. The highest BCUT2D eigenvalue weighted by molar-refractivity contribution is 5.94. The van der Waals surface area contributed by atoms with E-state index < -0.39 is 35.5 Å². The van der Waals surface area contributed by atoms with Crippen molar-refractivity contribution in [3.63, 3.8) is 0 Å². The average molecular weight is 286 g/mol. The van der Waals surface area contributed by atoms with Gasteiger partial charge < -0.3 is 14.8 Å². The molecule has 9 nitrogen and oxygen atoms in total. The van der Waals surface area contributed by atoms with Gasteiger partial charge in [-0.2, -0.15) is 5.06 Å². The van der Waals surface area contributed by atoms with Crippen molar-refractivity contribution in [3.8, 4) is 0 Å². The Bertz CT molecular complexity index is 477. The lowest BCUT2D eigenvalue weighted by Gasteiger charge is -2.31. The van der Waals surface area contributed by atoms with Gasteiger partial charge in [0.05, 0.1) is 13.5 Å². The van der Waals surface area contributed by atoms with E-state index in [4.69, 9.17) is 9.57 Å². The second kappa shape index (κ2) is 5.08. The number of nitrogens with one attached hydrogen (secondary N) is 1. The summed E-state index contributed by atoms with van der Waals surface area (Å²) in [5.74, 6) is -2.61. The molecule has 0 aromatic heterocycles. The fourth-order valence-corrected chi connectivity index (χ4v) is 2.15. The Hall–Kier alpha value is -2.16. The summed E-state index contributed by atoms with van der Waals surface area (Å²) in [6, 6.07) is -0.923. The molecule has 0 aromatic rings. The molecular formula is C11H14N2O7. The Morgan fingerprint density at radius 3 is 2.65 bits per heavy atom. The van der Waals surface area contributed by atoms with Gasteiger partial charge in [0.15, 0.2) is 0 Å². The number of hydrogen-bond acceptors (Lipinski definition) is 7. The van der Waals surface area contributed by atoms with Crippen LogP contribution in [0.3, 0.4) is 0 Å². The molecule has 2 aliphatic heterocycles. The lowest BCUT2D eigenvalue weighted by molar-refractivity contribution is -0.258. The second-order valence-corrected chi connectivity index (χ2v) is 4.43. The van der Waals surface area contributed by atoms with Crippen LogP contribution in [0.5, 0.6) is 0 Å². The van der Waals surface area contributed by atoms with E-state index in [0.29, 0.717) is 5.06 Å². The van der Waals surface area contributed by atoms with Crippen molar-refractivity contribution in [2.45, 2.75) is 31.5 Å². The van der Waals surface area contributed by atoms with Crippen molar-refractivity contribution in [2.75, 3.05) is 13.7 Å². The molecule has 2 atom stereocenters. The van der Waals surface area contributed by atoms with Crippen LogP contribution in [-0.2, 0) is 33.5 Å². The van der Waals surface area contributed by atoms with Crippen LogP contribution in [0, 0.1) is 0 Å². The van der Waals surface area contributed by atoms with Crippen LogP contribution in [0.1, 0.15) is 19.8 Å². The van der Waals surface area contributed by atoms with Gasteiger partial charge in [0, 0.05) is 13.3 Å². The third kappa shape index (κ3) is 2.20. The van der Waals surface area contributed by atoms with Gasteiger partial charge in [-0.1, -0.05) is 0 Å². The molecule has 0 aliphatic carbocycles. The molecular weight excluding hydrogens is 272 g/mol. The highest BCUT2D eigenvalue weighted by atomic mass is 16.8. The summed E-state index contributed by atoms with van der Waals surface area (Å²) in [6.07, 6.45) is -0.0932. The number of esters is 2. The quantitative estimate of drug-likeness (QED) is 0.626. The highest BCUT2D eigenvalue weighted by Gasteiger charge is 2.59. The molecule has 2 rings (SSSR count). The predicted molar refractivity (Wildman–Crippen MR) is 60.5 cm³/mol. The van der Waals surface area contributed by atoms with Crippen molar-refractivity contribution in [2.24, 2.45) is 0 Å². The lowest BCUT2D eigenvalue weighted by Crippen LogP contribution is -2.57. The van der Waals surface area contributed by atoms with Crippen LogP contribution in [0.15, 0.2) is 0 Å². The maximum Gasteiger partial charge on any atom is 0.374 e. The topological polar surface area (TPSA) is 111 Å². The highest BCUT2D eigenvalue weighted by Crippen LogP contribution is 2.34. The molecule has 2 amide bonds. The van der Waals surface area contributed by atoms with Crippen LogP contribution < -0.4 is 5.32 Å². The fraction of sp³-hybridized carbons (Fsp3) is 0.636. The molecule has 110 valence electrons. The number of amides is 2. The summed E-state index contributed by atoms with van der Waals surface area (Å²) >= 11 is 0. The van der Waals surface area contributed by atoms with E-state index in [2.05, 4.69) is 10.1 Å². The first-order valence-electron chi connectivity index (χ1n) is 5.95. The van der Waals surface area contributed by atoms with Crippen LogP contribution in [0.2, 0.25) is 0 Å². The van der Waals surface area contributed by atoms with Crippen molar-refractivity contribution >= 4 is 23.8 Å². The summed E-state index contributed by atoms with van der Waals surface area (Å²) in [6.45, 7) is 1.11. The van der Waals surface area contributed by atoms with Crippen LogP contribution >= 0.6 is 0 Å². The zero-order chi connectivity index (χ0) is 14.9. The van der Waals surface area contributed by atoms with E-state index in [9.17, 15) is 19.2 Å². The van der Waals surface area contributed by atoms with Gasteiger partial charge in [0.1, 0.15) is 12.6 Å². The van der Waals surface area contributed by atoms with Gasteiger partial charge in [-0.3, -0.25) is 19.2 Å².